The summed E-state index contributed by atoms with van der Waals surface area (Å²) in [5.41, 5.74) is 1.49. The van der Waals surface area contributed by atoms with Crippen LogP contribution in [0.15, 0.2) is 6.07 Å². The minimum Gasteiger partial charge on any atom is -0.487 e. The Morgan fingerprint density at radius 2 is 1.52 bits per heavy atom. The van der Waals surface area contributed by atoms with Gasteiger partial charge in [-0.15, -0.1) is 0 Å². The first-order valence-corrected chi connectivity index (χ1v) is 12.3. The van der Waals surface area contributed by atoms with Gasteiger partial charge in [0.2, 0.25) is 5.82 Å². The van der Waals surface area contributed by atoms with Crippen molar-refractivity contribution in [2.75, 3.05) is 0 Å². The van der Waals surface area contributed by atoms with Crippen molar-refractivity contribution in [1.29, 1.82) is 0 Å². The van der Waals surface area contributed by atoms with Crippen LogP contribution in [0, 0.1) is 29.4 Å². The van der Waals surface area contributed by atoms with Crippen LogP contribution in [-0.2, 0) is 6.42 Å². The quantitative estimate of drug-likeness (QED) is 0.484. The number of rotatable bonds is 5. The summed E-state index contributed by atoms with van der Waals surface area (Å²) >= 11 is 0. The average Bonchev–Trinajstić information content (AvgIpc) is 2.77. The highest BCUT2D eigenvalue weighted by atomic mass is 19.2. The van der Waals surface area contributed by atoms with Gasteiger partial charge in [0.15, 0.2) is 11.6 Å². The van der Waals surface area contributed by atoms with Gasteiger partial charge in [-0.1, -0.05) is 39.5 Å². The predicted octanol–water partition coefficient (Wildman–Crippen LogP) is 7.95. The Balaban J connectivity index is 1.38. The maximum atomic E-state index is 14.9. The highest BCUT2D eigenvalue weighted by Gasteiger charge is 2.34. The molecule has 1 nitrogen and oxygen atoms in total. The van der Waals surface area contributed by atoms with E-state index < -0.39 is 11.6 Å². The van der Waals surface area contributed by atoms with Crippen molar-refractivity contribution in [2.24, 2.45) is 17.8 Å². The molecule has 0 spiro atoms. The monoisotopic (exact) mass is 404 g/mol. The SMILES string of the molecule is CCCC1CCC(C2CCC(c3cc4c(c(F)c3F)OC(CC)CC4)CC2)CC1. The molecular formula is C26H38F2O. The van der Waals surface area contributed by atoms with Crippen LogP contribution in [0.1, 0.15) is 108 Å². The summed E-state index contributed by atoms with van der Waals surface area (Å²) in [4.78, 5) is 0. The van der Waals surface area contributed by atoms with Gasteiger partial charge in [-0.25, -0.2) is 4.39 Å². The summed E-state index contributed by atoms with van der Waals surface area (Å²) in [7, 11) is 0. The van der Waals surface area contributed by atoms with Crippen LogP contribution >= 0.6 is 0 Å². The smallest absolute Gasteiger partial charge is 0.201 e. The van der Waals surface area contributed by atoms with Gasteiger partial charge < -0.3 is 4.74 Å². The molecule has 0 radical (unpaired) electrons. The van der Waals surface area contributed by atoms with Gasteiger partial charge in [-0.2, -0.15) is 4.39 Å². The van der Waals surface area contributed by atoms with Gasteiger partial charge in [0, 0.05) is 0 Å². The second-order valence-electron chi connectivity index (χ2n) is 9.95. The summed E-state index contributed by atoms with van der Waals surface area (Å²) in [5.74, 6) is 1.58. The van der Waals surface area contributed by atoms with Gasteiger partial charge in [-0.3, -0.25) is 0 Å². The van der Waals surface area contributed by atoms with E-state index in [0.29, 0.717) is 5.56 Å². The molecule has 29 heavy (non-hydrogen) atoms. The Hall–Kier alpha value is -1.12. The molecule has 1 atom stereocenters. The van der Waals surface area contributed by atoms with E-state index in [1.54, 1.807) is 0 Å². The second kappa shape index (κ2) is 9.35. The molecule has 3 heteroatoms. The molecule has 0 bridgehead atoms. The Bertz CT molecular complexity index is 684. The third-order valence-electron chi connectivity index (χ3n) is 8.21. The molecule has 1 aromatic carbocycles. The predicted molar refractivity (Wildman–Crippen MR) is 114 cm³/mol. The van der Waals surface area contributed by atoms with Gasteiger partial charge in [0.05, 0.1) is 6.10 Å². The van der Waals surface area contributed by atoms with Crippen molar-refractivity contribution in [2.45, 2.75) is 109 Å². The molecular weight excluding hydrogens is 366 g/mol. The van der Waals surface area contributed by atoms with E-state index in [1.165, 1.54) is 51.4 Å². The number of aryl methyl sites for hydroxylation is 1. The Morgan fingerprint density at radius 1 is 0.862 bits per heavy atom. The molecule has 162 valence electrons. The number of ether oxygens (including phenoxy) is 1. The molecule has 1 heterocycles. The Labute approximate surface area is 175 Å². The molecule has 0 aromatic heterocycles. The summed E-state index contributed by atoms with van der Waals surface area (Å²) in [6, 6.07) is 1.93. The summed E-state index contributed by atoms with van der Waals surface area (Å²) < 4.78 is 35.4. The van der Waals surface area contributed by atoms with Crippen LogP contribution in [0.25, 0.3) is 0 Å². The maximum Gasteiger partial charge on any atom is 0.201 e. The van der Waals surface area contributed by atoms with E-state index in [1.807, 2.05) is 13.0 Å². The first kappa shape index (κ1) is 21.1. The Kier molecular flexibility index (Phi) is 6.81. The van der Waals surface area contributed by atoms with Gasteiger partial charge in [-0.05, 0) is 98.7 Å². The average molecular weight is 405 g/mol. The molecule has 2 saturated carbocycles. The number of hydrogen-bond donors (Lipinski definition) is 0. The molecule has 0 N–H and O–H groups in total. The normalized spacial score (nSPS) is 32.5. The first-order chi connectivity index (χ1) is 14.1. The molecule has 0 saturated heterocycles. The summed E-state index contributed by atoms with van der Waals surface area (Å²) in [6.07, 6.45) is 15.2. The van der Waals surface area contributed by atoms with Crippen molar-refractivity contribution in [3.05, 3.63) is 28.8 Å². The summed E-state index contributed by atoms with van der Waals surface area (Å²) in [6.45, 7) is 4.33. The van der Waals surface area contributed by atoms with Crippen LogP contribution in [0.4, 0.5) is 8.78 Å². The van der Waals surface area contributed by atoms with E-state index in [0.717, 1.165) is 55.4 Å². The van der Waals surface area contributed by atoms with Gasteiger partial charge in [0.25, 0.3) is 0 Å². The van der Waals surface area contributed by atoms with Crippen molar-refractivity contribution in [3.8, 4) is 5.75 Å². The zero-order valence-corrected chi connectivity index (χ0v) is 18.3. The second-order valence-corrected chi connectivity index (χ2v) is 9.95. The van der Waals surface area contributed by atoms with Crippen LogP contribution < -0.4 is 4.74 Å². The fourth-order valence-corrected chi connectivity index (χ4v) is 6.38. The van der Waals surface area contributed by atoms with Crippen molar-refractivity contribution >= 4 is 0 Å². The molecule has 2 fully saturated rings. The van der Waals surface area contributed by atoms with Gasteiger partial charge in [0.1, 0.15) is 0 Å². The fourth-order valence-electron chi connectivity index (χ4n) is 6.38. The van der Waals surface area contributed by atoms with Crippen LogP contribution in [-0.4, -0.2) is 6.10 Å². The van der Waals surface area contributed by atoms with Crippen molar-refractivity contribution in [1.82, 2.24) is 0 Å². The highest BCUT2D eigenvalue weighted by Crippen LogP contribution is 2.46. The van der Waals surface area contributed by atoms with E-state index in [2.05, 4.69) is 6.92 Å². The molecule has 0 amide bonds. The van der Waals surface area contributed by atoms with Gasteiger partial charge >= 0.3 is 0 Å². The maximum absolute atomic E-state index is 14.9. The van der Waals surface area contributed by atoms with E-state index in [9.17, 15) is 8.78 Å². The lowest BCUT2D eigenvalue weighted by Crippen LogP contribution is -2.26. The zero-order chi connectivity index (χ0) is 20.4. The van der Waals surface area contributed by atoms with Crippen LogP contribution in [0.5, 0.6) is 5.75 Å². The lowest BCUT2D eigenvalue weighted by Gasteiger charge is -2.38. The van der Waals surface area contributed by atoms with E-state index in [4.69, 9.17) is 4.74 Å². The largest absolute Gasteiger partial charge is 0.487 e. The molecule has 1 aromatic rings. The van der Waals surface area contributed by atoms with E-state index in [-0.39, 0.29) is 17.8 Å². The van der Waals surface area contributed by atoms with Crippen molar-refractivity contribution < 1.29 is 13.5 Å². The highest BCUT2D eigenvalue weighted by molar-refractivity contribution is 5.42. The molecule has 3 aliphatic rings. The molecule has 2 aliphatic carbocycles. The number of fused-ring (bicyclic) bond motifs is 1. The minimum absolute atomic E-state index is 0.0186. The molecule has 1 aliphatic heterocycles. The first-order valence-electron chi connectivity index (χ1n) is 12.3. The molecule has 4 rings (SSSR count). The van der Waals surface area contributed by atoms with Crippen LogP contribution in [0.2, 0.25) is 0 Å². The lowest BCUT2D eigenvalue weighted by atomic mass is 9.68. The standard InChI is InChI=1S/C26H38F2O/c1-3-5-17-6-8-18(9-7-17)19-10-12-20(13-11-19)23-16-21-14-15-22(4-2)29-26(21)25(28)24(23)27/h16-20,22H,3-15H2,1-2H3. The number of hydrogen-bond acceptors (Lipinski definition) is 1. The Morgan fingerprint density at radius 3 is 2.14 bits per heavy atom. The third-order valence-corrected chi connectivity index (χ3v) is 8.21. The minimum atomic E-state index is -0.744. The van der Waals surface area contributed by atoms with Crippen molar-refractivity contribution in [3.63, 3.8) is 0 Å². The number of benzene rings is 1. The fraction of sp³-hybridized carbons (Fsp3) is 0.769. The van der Waals surface area contributed by atoms with Crippen LogP contribution in [0.3, 0.4) is 0 Å². The zero-order valence-electron chi connectivity index (χ0n) is 18.3. The number of halogens is 2. The third kappa shape index (κ3) is 4.49. The topological polar surface area (TPSA) is 9.23 Å². The lowest BCUT2D eigenvalue weighted by molar-refractivity contribution is 0.153. The van der Waals surface area contributed by atoms with E-state index >= 15 is 0 Å². The molecule has 1 unspecified atom stereocenters. The summed E-state index contributed by atoms with van der Waals surface area (Å²) in [5, 5.41) is 0.